The fourth-order valence-electron chi connectivity index (χ4n) is 1.74. The van der Waals surface area contributed by atoms with Crippen LogP contribution in [0.25, 0.3) is 0 Å². The van der Waals surface area contributed by atoms with Crippen LogP contribution in [-0.4, -0.2) is 16.7 Å². The van der Waals surface area contributed by atoms with Crippen molar-refractivity contribution in [2.45, 2.75) is 13.0 Å². The van der Waals surface area contributed by atoms with E-state index in [1.807, 2.05) is 6.92 Å². The molecule has 0 radical (unpaired) electrons. The maximum Gasteiger partial charge on any atom is 0.147 e. The summed E-state index contributed by atoms with van der Waals surface area (Å²) >= 11 is 5.70. The minimum absolute atomic E-state index is 0.0227. The molecular weight excluding hydrogens is 269 g/mol. The van der Waals surface area contributed by atoms with E-state index in [0.717, 1.165) is 0 Å². The van der Waals surface area contributed by atoms with Gasteiger partial charge in [-0.25, -0.2) is 4.39 Å². The molecule has 0 saturated carbocycles. The first-order valence-corrected chi connectivity index (χ1v) is 6.21. The SMILES string of the molecule is CCOc1cncc(C(O)c2cccc(Cl)c2F)c1. The minimum atomic E-state index is -1.13. The Balaban J connectivity index is 2.35. The fourth-order valence-corrected chi connectivity index (χ4v) is 1.92. The van der Waals surface area contributed by atoms with Crippen LogP contribution in [0.2, 0.25) is 5.02 Å². The molecule has 0 fully saturated rings. The largest absolute Gasteiger partial charge is 0.492 e. The van der Waals surface area contributed by atoms with Crippen molar-refractivity contribution in [2.24, 2.45) is 0 Å². The van der Waals surface area contributed by atoms with E-state index in [4.69, 9.17) is 16.3 Å². The molecule has 19 heavy (non-hydrogen) atoms. The van der Waals surface area contributed by atoms with Crippen LogP contribution >= 0.6 is 11.6 Å². The number of rotatable bonds is 4. The van der Waals surface area contributed by atoms with Gasteiger partial charge in [-0.15, -0.1) is 0 Å². The number of hydrogen-bond acceptors (Lipinski definition) is 3. The third-order valence-electron chi connectivity index (χ3n) is 2.64. The monoisotopic (exact) mass is 281 g/mol. The van der Waals surface area contributed by atoms with Crippen LogP contribution in [0.1, 0.15) is 24.2 Å². The summed E-state index contributed by atoms with van der Waals surface area (Å²) in [7, 11) is 0. The van der Waals surface area contributed by atoms with Crippen LogP contribution in [0.15, 0.2) is 36.7 Å². The summed E-state index contributed by atoms with van der Waals surface area (Å²) in [6, 6.07) is 6.13. The molecule has 1 aromatic heterocycles. The molecule has 5 heteroatoms. The molecule has 0 aliphatic heterocycles. The molecule has 0 spiro atoms. The zero-order chi connectivity index (χ0) is 13.8. The lowest BCUT2D eigenvalue weighted by molar-refractivity contribution is 0.213. The number of pyridine rings is 1. The molecule has 1 heterocycles. The van der Waals surface area contributed by atoms with E-state index >= 15 is 0 Å². The van der Waals surface area contributed by atoms with Gasteiger partial charge >= 0.3 is 0 Å². The average molecular weight is 282 g/mol. The predicted octanol–water partition coefficient (Wildman–Crippen LogP) is 3.35. The number of benzene rings is 1. The van der Waals surface area contributed by atoms with Crippen molar-refractivity contribution in [3.8, 4) is 5.75 Å². The van der Waals surface area contributed by atoms with Crippen LogP contribution in [0.4, 0.5) is 4.39 Å². The second-order valence-electron chi connectivity index (χ2n) is 3.93. The van der Waals surface area contributed by atoms with Gasteiger partial charge in [0.1, 0.15) is 17.7 Å². The maximum absolute atomic E-state index is 13.8. The Morgan fingerprint density at radius 3 is 2.95 bits per heavy atom. The van der Waals surface area contributed by atoms with E-state index in [1.54, 1.807) is 12.1 Å². The first kappa shape index (κ1) is 13.8. The lowest BCUT2D eigenvalue weighted by Crippen LogP contribution is -2.04. The van der Waals surface area contributed by atoms with Gasteiger partial charge in [-0.1, -0.05) is 23.7 Å². The highest BCUT2D eigenvalue weighted by molar-refractivity contribution is 6.30. The number of aliphatic hydroxyl groups is 1. The van der Waals surface area contributed by atoms with Gasteiger partial charge < -0.3 is 9.84 Å². The number of hydrogen-bond donors (Lipinski definition) is 1. The molecule has 1 N–H and O–H groups in total. The van der Waals surface area contributed by atoms with E-state index in [0.29, 0.717) is 17.9 Å². The number of aliphatic hydroxyl groups excluding tert-OH is 1. The van der Waals surface area contributed by atoms with Crippen molar-refractivity contribution in [2.75, 3.05) is 6.61 Å². The smallest absolute Gasteiger partial charge is 0.147 e. The van der Waals surface area contributed by atoms with Crippen molar-refractivity contribution in [3.63, 3.8) is 0 Å². The number of aromatic nitrogens is 1. The van der Waals surface area contributed by atoms with Crippen LogP contribution in [0.5, 0.6) is 5.75 Å². The molecule has 3 nitrogen and oxygen atoms in total. The second kappa shape index (κ2) is 5.99. The van der Waals surface area contributed by atoms with Crippen molar-refractivity contribution in [1.82, 2.24) is 4.98 Å². The van der Waals surface area contributed by atoms with E-state index in [9.17, 15) is 9.50 Å². The summed E-state index contributed by atoms with van der Waals surface area (Å²) in [4.78, 5) is 3.96. The Kier molecular flexibility index (Phi) is 4.35. The van der Waals surface area contributed by atoms with Crippen molar-refractivity contribution >= 4 is 11.6 Å². The summed E-state index contributed by atoms with van der Waals surface area (Å²) in [5.74, 6) is -0.0973. The average Bonchev–Trinajstić information content (AvgIpc) is 2.42. The van der Waals surface area contributed by atoms with Gasteiger partial charge in [0.2, 0.25) is 0 Å². The molecule has 1 unspecified atom stereocenters. The third kappa shape index (κ3) is 3.03. The van der Waals surface area contributed by atoms with E-state index in [1.165, 1.54) is 24.5 Å². The van der Waals surface area contributed by atoms with Crippen molar-refractivity contribution in [3.05, 3.63) is 58.6 Å². The van der Waals surface area contributed by atoms with Gasteiger partial charge in [0.25, 0.3) is 0 Å². The Bertz CT molecular complexity index is 577. The van der Waals surface area contributed by atoms with Crippen LogP contribution in [-0.2, 0) is 0 Å². The quantitative estimate of drug-likeness (QED) is 0.934. The number of halogens is 2. The van der Waals surface area contributed by atoms with E-state index in [2.05, 4.69) is 4.98 Å². The third-order valence-corrected chi connectivity index (χ3v) is 2.93. The van der Waals surface area contributed by atoms with Crippen molar-refractivity contribution in [1.29, 1.82) is 0 Å². The van der Waals surface area contributed by atoms with Crippen LogP contribution in [0, 0.1) is 5.82 Å². The summed E-state index contributed by atoms with van der Waals surface area (Å²) in [6.07, 6.45) is 1.87. The number of nitrogens with zero attached hydrogens (tertiary/aromatic N) is 1. The second-order valence-corrected chi connectivity index (χ2v) is 4.34. The summed E-state index contributed by atoms with van der Waals surface area (Å²) in [6.45, 7) is 2.34. The Morgan fingerprint density at radius 2 is 2.21 bits per heavy atom. The summed E-state index contributed by atoms with van der Waals surface area (Å²) < 4.78 is 19.1. The molecule has 1 atom stereocenters. The molecule has 1 aromatic carbocycles. The fraction of sp³-hybridized carbons (Fsp3) is 0.214. The Labute approximate surface area is 115 Å². The van der Waals surface area contributed by atoms with Crippen molar-refractivity contribution < 1.29 is 14.2 Å². The maximum atomic E-state index is 13.8. The molecule has 0 amide bonds. The van der Waals surface area contributed by atoms with Gasteiger partial charge in [0.15, 0.2) is 0 Å². The highest BCUT2D eigenvalue weighted by atomic mass is 35.5. The minimum Gasteiger partial charge on any atom is -0.492 e. The lowest BCUT2D eigenvalue weighted by atomic mass is 10.0. The van der Waals surface area contributed by atoms with Gasteiger partial charge in [-0.3, -0.25) is 4.98 Å². The highest BCUT2D eigenvalue weighted by Gasteiger charge is 2.17. The van der Waals surface area contributed by atoms with E-state index in [-0.39, 0.29) is 10.6 Å². The molecular formula is C14H13ClFNO2. The zero-order valence-corrected chi connectivity index (χ0v) is 11.1. The summed E-state index contributed by atoms with van der Waals surface area (Å²) in [5, 5.41) is 10.2. The van der Waals surface area contributed by atoms with Gasteiger partial charge in [-0.2, -0.15) is 0 Å². The van der Waals surface area contributed by atoms with Crippen LogP contribution in [0.3, 0.4) is 0 Å². The Hall–Kier alpha value is -1.65. The van der Waals surface area contributed by atoms with Gasteiger partial charge in [0, 0.05) is 17.3 Å². The van der Waals surface area contributed by atoms with Gasteiger partial charge in [-0.05, 0) is 19.1 Å². The molecule has 0 aliphatic rings. The molecule has 0 saturated heterocycles. The molecule has 0 bridgehead atoms. The predicted molar refractivity (Wildman–Crippen MR) is 70.9 cm³/mol. The first-order valence-electron chi connectivity index (χ1n) is 5.83. The molecule has 0 aliphatic carbocycles. The Morgan fingerprint density at radius 1 is 1.42 bits per heavy atom. The first-order chi connectivity index (χ1) is 9.13. The van der Waals surface area contributed by atoms with E-state index < -0.39 is 11.9 Å². The highest BCUT2D eigenvalue weighted by Crippen LogP contribution is 2.29. The molecule has 100 valence electrons. The lowest BCUT2D eigenvalue weighted by Gasteiger charge is -2.13. The topological polar surface area (TPSA) is 42.4 Å². The zero-order valence-electron chi connectivity index (χ0n) is 10.3. The van der Waals surface area contributed by atoms with Crippen LogP contribution < -0.4 is 4.74 Å². The van der Waals surface area contributed by atoms with Gasteiger partial charge in [0.05, 0.1) is 17.8 Å². The summed E-state index contributed by atoms with van der Waals surface area (Å²) in [5.41, 5.74) is 0.565. The molecule has 2 aromatic rings. The standard InChI is InChI=1S/C14H13ClFNO2/c1-2-19-10-6-9(7-17-8-10)14(18)11-4-3-5-12(15)13(11)16/h3-8,14,18H,2H2,1H3. The number of ether oxygens (including phenoxy) is 1. The normalized spacial score (nSPS) is 12.2. The molecule has 2 rings (SSSR count).